The van der Waals surface area contributed by atoms with Crippen LogP contribution in [-0.4, -0.2) is 17.7 Å². The average molecular weight is 402 g/mol. The Morgan fingerprint density at radius 2 is 1.76 bits per heavy atom. The van der Waals surface area contributed by atoms with E-state index in [1.807, 2.05) is 32.0 Å². The number of rotatable bonds is 7. The number of aromatic nitrogens is 1. The van der Waals surface area contributed by atoms with E-state index in [9.17, 15) is 13.6 Å². The summed E-state index contributed by atoms with van der Waals surface area (Å²) in [6.07, 6.45) is 0. The van der Waals surface area contributed by atoms with E-state index < -0.39 is 12.5 Å². The molecule has 29 heavy (non-hydrogen) atoms. The lowest BCUT2D eigenvalue weighted by Crippen LogP contribution is -2.15. The Bertz CT molecular complexity index is 1000. The molecule has 0 atom stereocenters. The molecule has 1 aromatic heterocycles. The molecule has 8 heteroatoms. The number of aryl methyl sites for hydroxylation is 3. The van der Waals surface area contributed by atoms with Gasteiger partial charge in [-0.3, -0.25) is 4.79 Å². The fourth-order valence-corrected chi connectivity index (χ4v) is 2.61. The van der Waals surface area contributed by atoms with Gasteiger partial charge in [-0.1, -0.05) is 11.2 Å². The van der Waals surface area contributed by atoms with Crippen LogP contribution in [0.25, 0.3) is 0 Å². The summed E-state index contributed by atoms with van der Waals surface area (Å²) < 4.78 is 39.7. The molecule has 3 rings (SSSR count). The predicted octanol–water partition coefficient (Wildman–Crippen LogP) is 5.03. The van der Waals surface area contributed by atoms with Crippen LogP contribution >= 0.6 is 0 Å². The molecule has 6 nitrogen and oxygen atoms in total. The minimum Gasteiger partial charge on any atom is -0.489 e. The van der Waals surface area contributed by atoms with Crippen molar-refractivity contribution in [1.29, 1.82) is 0 Å². The van der Waals surface area contributed by atoms with Crippen molar-refractivity contribution in [3.05, 3.63) is 70.6 Å². The number of nitrogens with one attached hydrogen (secondary N) is 1. The zero-order valence-corrected chi connectivity index (χ0v) is 16.2. The standard InChI is InChI=1S/C21H20F2N2O4/c1-12-4-7-17(10-13(12)2)27-11-18-14(3)29-25-19(18)20(26)24-15-5-8-16(9-6-15)28-21(22)23/h4-10,21H,11H2,1-3H3,(H,24,26). The van der Waals surface area contributed by atoms with Gasteiger partial charge in [-0.15, -0.1) is 0 Å². The molecule has 0 aliphatic carbocycles. The van der Waals surface area contributed by atoms with Crippen LogP contribution in [0.5, 0.6) is 11.5 Å². The first kappa shape index (κ1) is 20.3. The number of carbonyl (C=O) groups excluding carboxylic acids is 1. The third-order valence-corrected chi connectivity index (χ3v) is 4.40. The summed E-state index contributed by atoms with van der Waals surface area (Å²) in [6.45, 7) is 2.90. The van der Waals surface area contributed by atoms with Crippen molar-refractivity contribution in [3.8, 4) is 11.5 Å². The number of amides is 1. The quantitative estimate of drug-likeness (QED) is 0.600. The fourth-order valence-electron chi connectivity index (χ4n) is 2.61. The highest BCUT2D eigenvalue weighted by Crippen LogP contribution is 2.22. The van der Waals surface area contributed by atoms with Crippen molar-refractivity contribution < 1.29 is 27.6 Å². The van der Waals surface area contributed by atoms with Crippen molar-refractivity contribution >= 4 is 11.6 Å². The van der Waals surface area contributed by atoms with Crippen LogP contribution in [0.2, 0.25) is 0 Å². The number of anilines is 1. The van der Waals surface area contributed by atoms with Gasteiger partial charge in [0.05, 0.1) is 5.56 Å². The molecule has 152 valence electrons. The predicted molar refractivity (Wildman–Crippen MR) is 103 cm³/mol. The van der Waals surface area contributed by atoms with Gasteiger partial charge in [-0.25, -0.2) is 0 Å². The molecule has 0 fully saturated rings. The third kappa shape index (κ3) is 5.10. The first-order valence-corrected chi connectivity index (χ1v) is 8.85. The van der Waals surface area contributed by atoms with E-state index >= 15 is 0 Å². The second-order valence-electron chi connectivity index (χ2n) is 6.46. The molecular weight excluding hydrogens is 382 g/mol. The van der Waals surface area contributed by atoms with Gasteiger partial charge >= 0.3 is 6.61 Å². The Morgan fingerprint density at radius 1 is 1.07 bits per heavy atom. The summed E-state index contributed by atoms with van der Waals surface area (Å²) in [4.78, 5) is 12.6. The zero-order chi connectivity index (χ0) is 21.0. The SMILES string of the molecule is Cc1ccc(OCc2c(C(=O)Nc3ccc(OC(F)F)cc3)noc2C)cc1C. The second kappa shape index (κ2) is 8.72. The summed E-state index contributed by atoms with van der Waals surface area (Å²) in [6, 6.07) is 11.3. The largest absolute Gasteiger partial charge is 0.489 e. The Labute approximate surface area is 166 Å². The molecule has 0 saturated carbocycles. The van der Waals surface area contributed by atoms with Crippen LogP contribution in [0, 0.1) is 20.8 Å². The van der Waals surface area contributed by atoms with E-state index in [1.54, 1.807) is 6.92 Å². The minimum atomic E-state index is -2.91. The Hall–Kier alpha value is -3.42. The van der Waals surface area contributed by atoms with E-state index in [1.165, 1.54) is 24.3 Å². The van der Waals surface area contributed by atoms with Crippen molar-refractivity contribution in [2.45, 2.75) is 34.0 Å². The highest BCUT2D eigenvalue weighted by Gasteiger charge is 2.21. The summed E-state index contributed by atoms with van der Waals surface area (Å²) in [5.74, 6) is 0.648. The van der Waals surface area contributed by atoms with Crippen molar-refractivity contribution in [3.63, 3.8) is 0 Å². The molecule has 0 unspecified atom stereocenters. The Balaban J connectivity index is 1.69. The molecule has 1 N–H and O–H groups in total. The number of hydrogen-bond acceptors (Lipinski definition) is 5. The maximum Gasteiger partial charge on any atom is 0.387 e. The smallest absolute Gasteiger partial charge is 0.387 e. The Kier molecular flexibility index (Phi) is 6.11. The number of alkyl halides is 2. The summed E-state index contributed by atoms with van der Waals surface area (Å²) in [5.41, 5.74) is 3.28. The lowest BCUT2D eigenvalue weighted by Gasteiger charge is -2.09. The van der Waals surface area contributed by atoms with Gasteiger partial charge in [0.15, 0.2) is 5.69 Å². The van der Waals surface area contributed by atoms with Crippen molar-refractivity contribution in [1.82, 2.24) is 5.16 Å². The van der Waals surface area contributed by atoms with Gasteiger partial charge in [0.1, 0.15) is 23.9 Å². The second-order valence-corrected chi connectivity index (χ2v) is 6.46. The number of hydrogen-bond donors (Lipinski definition) is 1. The topological polar surface area (TPSA) is 73.6 Å². The van der Waals surface area contributed by atoms with Gasteiger partial charge in [-0.2, -0.15) is 8.78 Å². The average Bonchev–Trinajstić information content (AvgIpc) is 3.04. The number of carbonyl (C=O) groups is 1. The van der Waals surface area contributed by atoms with Crippen molar-refractivity contribution in [2.24, 2.45) is 0 Å². The van der Waals surface area contributed by atoms with E-state index in [0.717, 1.165) is 11.1 Å². The number of ether oxygens (including phenoxy) is 2. The molecule has 0 radical (unpaired) electrons. The van der Waals surface area contributed by atoms with Gasteiger partial charge in [-0.05, 0) is 68.3 Å². The molecule has 0 spiro atoms. The maximum absolute atomic E-state index is 12.6. The summed E-state index contributed by atoms with van der Waals surface area (Å²) in [5, 5.41) is 6.47. The lowest BCUT2D eigenvalue weighted by atomic mass is 10.1. The van der Waals surface area contributed by atoms with Crippen LogP contribution in [0.15, 0.2) is 47.0 Å². The Morgan fingerprint density at radius 3 is 2.41 bits per heavy atom. The minimum absolute atomic E-state index is 0.00207. The molecule has 1 heterocycles. The van der Waals surface area contributed by atoms with Gasteiger partial charge in [0.2, 0.25) is 0 Å². The fraction of sp³-hybridized carbons (Fsp3) is 0.238. The number of halogens is 2. The van der Waals surface area contributed by atoms with Gasteiger partial charge < -0.3 is 19.3 Å². The van der Waals surface area contributed by atoms with Crippen LogP contribution < -0.4 is 14.8 Å². The molecule has 3 aromatic rings. The summed E-state index contributed by atoms with van der Waals surface area (Å²) in [7, 11) is 0. The monoisotopic (exact) mass is 402 g/mol. The highest BCUT2D eigenvalue weighted by molar-refractivity contribution is 6.03. The van der Waals surface area contributed by atoms with Crippen molar-refractivity contribution in [2.75, 3.05) is 5.32 Å². The van der Waals surface area contributed by atoms with E-state index in [2.05, 4.69) is 15.2 Å². The van der Waals surface area contributed by atoms with E-state index in [4.69, 9.17) is 9.26 Å². The van der Waals surface area contributed by atoms with Crippen LogP contribution in [0.1, 0.15) is 32.9 Å². The normalized spacial score (nSPS) is 10.8. The highest BCUT2D eigenvalue weighted by atomic mass is 19.3. The molecule has 0 bridgehead atoms. The van der Waals surface area contributed by atoms with E-state index in [-0.39, 0.29) is 18.1 Å². The zero-order valence-electron chi connectivity index (χ0n) is 16.2. The van der Waals surface area contributed by atoms with Crippen LogP contribution in [0.3, 0.4) is 0 Å². The van der Waals surface area contributed by atoms with Gasteiger partial charge in [0.25, 0.3) is 5.91 Å². The molecule has 0 aliphatic rings. The third-order valence-electron chi connectivity index (χ3n) is 4.40. The molecule has 1 amide bonds. The molecule has 2 aromatic carbocycles. The van der Waals surface area contributed by atoms with E-state index in [0.29, 0.717) is 22.8 Å². The molecule has 0 saturated heterocycles. The number of nitrogens with zero attached hydrogens (tertiary/aromatic N) is 1. The maximum atomic E-state index is 12.6. The number of benzene rings is 2. The van der Waals surface area contributed by atoms with Crippen LogP contribution in [0.4, 0.5) is 14.5 Å². The lowest BCUT2D eigenvalue weighted by molar-refractivity contribution is -0.0498. The first-order valence-electron chi connectivity index (χ1n) is 8.85. The molecule has 0 aliphatic heterocycles. The summed E-state index contributed by atoms with van der Waals surface area (Å²) >= 11 is 0. The first-order chi connectivity index (χ1) is 13.8. The van der Waals surface area contributed by atoms with Crippen LogP contribution in [-0.2, 0) is 6.61 Å². The van der Waals surface area contributed by atoms with Gasteiger partial charge in [0, 0.05) is 5.69 Å². The molecular formula is C21H20F2N2O4.